The molecule has 2 nitrogen and oxygen atoms in total. The number of ether oxygens (including phenoxy) is 1. The molecule has 0 fully saturated rings. The van der Waals surface area contributed by atoms with Gasteiger partial charge in [0.25, 0.3) is 0 Å². The van der Waals surface area contributed by atoms with E-state index >= 15 is 0 Å². The maximum atomic E-state index is 10.5. The van der Waals surface area contributed by atoms with Crippen LogP contribution in [0.3, 0.4) is 0 Å². The summed E-state index contributed by atoms with van der Waals surface area (Å²) in [6.45, 7) is 2.22. The fourth-order valence-corrected chi connectivity index (χ4v) is 1.16. The van der Waals surface area contributed by atoms with E-state index in [1.165, 1.54) is 0 Å². The van der Waals surface area contributed by atoms with Gasteiger partial charge in [-0.05, 0) is 24.6 Å². The lowest BCUT2D eigenvalue weighted by molar-refractivity contribution is 0.177. The predicted octanol–water partition coefficient (Wildman–Crippen LogP) is 2.67. The molecule has 0 N–H and O–H groups in total. The van der Waals surface area contributed by atoms with Crippen molar-refractivity contribution in [1.82, 2.24) is 0 Å². The molecule has 0 saturated heterocycles. The number of rotatable bonds is 3. The van der Waals surface area contributed by atoms with E-state index in [2.05, 4.69) is 0 Å². The van der Waals surface area contributed by atoms with Crippen LogP contribution in [-0.4, -0.2) is 6.61 Å². The Bertz CT molecular complexity index is 261. The van der Waals surface area contributed by atoms with Crippen LogP contribution in [0.25, 0.3) is 0 Å². The highest BCUT2D eigenvalue weighted by Gasteiger charge is 2.01. The van der Waals surface area contributed by atoms with Gasteiger partial charge in [-0.15, -0.1) is 0 Å². The molecule has 0 aliphatic carbocycles. The van der Waals surface area contributed by atoms with Crippen molar-refractivity contribution in [2.24, 2.45) is 0 Å². The zero-order valence-corrected chi connectivity index (χ0v) is 7.60. The van der Waals surface area contributed by atoms with E-state index in [9.17, 15) is 5.11 Å². The molecule has 0 unspecified atom stereocenters. The minimum Gasteiger partial charge on any atom is -0.492 e. The largest absolute Gasteiger partial charge is 0.492 e. The van der Waals surface area contributed by atoms with Crippen LogP contribution < -0.4 is 4.74 Å². The fraction of sp³-hybridized carbons (Fsp3) is 0.333. The van der Waals surface area contributed by atoms with Gasteiger partial charge in [-0.1, -0.05) is 17.7 Å². The molecule has 3 heteroatoms. The molecule has 0 spiro atoms. The van der Waals surface area contributed by atoms with Gasteiger partial charge in [-0.25, -0.2) is 5.11 Å². The summed E-state index contributed by atoms with van der Waals surface area (Å²) >= 11 is 5.82. The van der Waals surface area contributed by atoms with Gasteiger partial charge in [0.15, 0.2) is 0 Å². The maximum Gasteiger partial charge on any atom is 0.137 e. The van der Waals surface area contributed by atoms with E-state index in [0.29, 0.717) is 22.9 Å². The molecule has 1 rings (SSSR count). The lowest BCUT2D eigenvalue weighted by Crippen LogP contribution is -1.92. The summed E-state index contributed by atoms with van der Waals surface area (Å²) in [6.07, 6.45) is 0. The van der Waals surface area contributed by atoms with Gasteiger partial charge in [0, 0.05) is 0 Å². The van der Waals surface area contributed by atoms with Gasteiger partial charge in [0.05, 0.1) is 11.6 Å². The third-order valence-electron chi connectivity index (χ3n) is 1.46. The van der Waals surface area contributed by atoms with Crippen LogP contribution in [0.2, 0.25) is 5.02 Å². The number of halogens is 1. The quantitative estimate of drug-likeness (QED) is 0.712. The van der Waals surface area contributed by atoms with E-state index in [0.717, 1.165) is 0 Å². The molecule has 1 aromatic carbocycles. The average Bonchev–Trinajstić information content (AvgIpc) is 2.09. The molecule has 0 aliphatic heterocycles. The van der Waals surface area contributed by atoms with E-state index < -0.39 is 0 Å². The van der Waals surface area contributed by atoms with Crippen molar-refractivity contribution in [2.75, 3.05) is 6.61 Å². The van der Waals surface area contributed by atoms with Gasteiger partial charge in [-0.2, -0.15) is 0 Å². The minimum absolute atomic E-state index is 0.244. The molecule has 1 aromatic rings. The second-order valence-corrected chi connectivity index (χ2v) is 2.75. The number of benzene rings is 1. The predicted molar refractivity (Wildman–Crippen MR) is 47.0 cm³/mol. The van der Waals surface area contributed by atoms with Crippen molar-refractivity contribution in [2.45, 2.75) is 13.5 Å². The minimum atomic E-state index is -0.244. The molecule has 0 amide bonds. The van der Waals surface area contributed by atoms with E-state index in [4.69, 9.17) is 16.3 Å². The zero-order chi connectivity index (χ0) is 8.97. The molecular formula is C9H10ClO2. The summed E-state index contributed by atoms with van der Waals surface area (Å²) < 4.78 is 5.20. The highest BCUT2D eigenvalue weighted by Crippen LogP contribution is 2.25. The smallest absolute Gasteiger partial charge is 0.137 e. The van der Waals surface area contributed by atoms with Crippen molar-refractivity contribution in [3.63, 3.8) is 0 Å². The zero-order valence-electron chi connectivity index (χ0n) is 6.84. The molecule has 0 aliphatic rings. The first-order valence-corrected chi connectivity index (χ1v) is 4.15. The normalized spacial score (nSPS) is 9.92. The molecule has 0 heterocycles. The lowest BCUT2D eigenvalue weighted by Gasteiger charge is -2.05. The van der Waals surface area contributed by atoms with Crippen LogP contribution in [0.5, 0.6) is 5.75 Å². The Hall–Kier alpha value is -0.730. The van der Waals surface area contributed by atoms with E-state index in [1.54, 1.807) is 18.2 Å². The topological polar surface area (TPSA) is 29.1 Å². The summed E-state index contributed by atoms with van der Waals surface area (Å²) in [5, 5.41) is 11.0. The highest BCUT2D eigenvalue weighted by molar-refractivity contribution is 6.32. The molecular weight excluding hydrogens is 176 g/mol. The SMILES string of the molecule is CCOc1ccc(C[O])cc1Cl. The molecule has 0 aromatic heterocycles. The summed E-state index contributed by atoms with van der Waals surface area (Å²) in [5.74, 6) is 0.636. The van der Waals surface area contributed by atoms with Crippen molar-refractivity contribution in [3.05, 3.63) is 28.8 Å². The molecule has 12 heavy (non-hydrogen) atoms. The molecule has 0 saturated carbocycles. The highest BCUT2D eigenvalue weighted by atomic mass is 35.5. The van der Waals surface area contributed by atoms with Crippen LogP contribution in [0, 0.1) is 0 Å². The van der Waals surface area contributed by atoms with Crippen LogP contribution in [0.4, 0.5) is 0 Å². The monoisotopic (exact) mass is 185 g/mol. The van der Waals surface area contributed by atoms with Crippen molar-refractivity contribution < 1.29 is 9.84 Å². The van der Waals surface area contributed by atoms with Crippen molar-refractivity contribution >= 4 is 11.6 Å². The fourth-order valence-electron chi connectivity index (χ4n) is 0.907. The first kappa shape index (κ1) is 9.36. The van der Waals surface area contributed by atoms with Crippen LogP contribution in [0.15, 0.2) is 18.2 Å². The standard InChI is InChI=1S/C9H10ClO2/c1-2-12-9-4-3-7(6-11)5-8(9)10/h3-5H,2,6H2,1H3. The lowest BCUT2D eigenvalue weighted by atomic mass is 10.2. The summed E-state index contributed by atoms with van der Waals surface area (Å²) in [4.78, 5) is 0. The number of hydrogen-bond donors (Lipinski definition) is 0. The summed E-state index contributed by atoms with van der Waals surface area (Å²) in [6, 6.07) is 5.09. The average molecular weight is 186 g/mol. The van der Waals surface area contributed by atoms with Crippen LogP contribution in [-0.2, 0) is 11.7 Å². The second-order valence-electron chi connectivity index (χ2n) is 2.34. The molecule has 0 bridgehead atoms. The van der Waals surface area contributed by atoms with Gasteiger partial charge in [0.2, 0.25) is 0 Å². The summed E-state index contributed by atoms with van der Waals surface area (Å²) in [7, 11) is 0. The van der Waals surface area contributed by atoms with Crippen LogP contribution >= 0.6 is 11.6 Å². The Labute approximate surface area is 76.7 Å². The van der Waals surface area contributed by atoms with Crippen molar-refractivity contribution in [1.29, 1.82) is 0 Å². The first-order chi connectivity index (χ1) is 5.77. The van der Waals surface area contributed by atoms with Crippen molar-refractivity contribution in [3.8, 4) is 5.75 Å². The summed E-state index contributed by atoms with van der Waals surface area (Å²) in [5.41, 5.74) is 0.684. The Morgan fingerprint density at radius 2 is 2.25 bits per heavy atom. The molecule has 0 atom stereocenters. The van der Waals surface area contributed by atoms with Gasteiger partial charge in [-0.3, -0.25) is 0 Å². The van der Waals surface area contributed by atoms with E-state index in [-0.39, 0.29) is 6.61 Å². The first-order valence-electron chi connectivity index (χ1n) is 3.77. The Kier molecular flexibility index (Phi) is 3.38. The third kappa shape index (κ3) is 2.13. The second kappa shape index (κ2) is 4.33. The van der Waals surface area contributed by atoms with Gasteiger partial charge < -0.3 is 4.74 Å². The Morgan fingerprint density at radius 1 is 1.50 bits per heavy atom. The Balaban J connectivity index is 2.87. The van der Waals surface area contributed by atoms with E-state index in [1.807, 2.05) is 6.92 Å². The maximum absolute atomic E-state index is 10.5. The Morgan fingerprint density at radius 3 is 2.75 bits per heavy atom. The molecule has 65 valence electrons. The third-order valence-corrected chi connectivity index (χ3v) is 1.76. The van der Waals surface area contributed by atoms with Crippen LogP contribution in [0.1, 0.15) is 12.5 Å². The van der Waals surface area contributed by atoms with Gasteiger partial charge in [0.1, 0.15) is 12.4 Å². The molecule has 1 radical (unpaired) electrons. The van der Waals surface area contributed by atoms with Gasteiger partial charge >= 0.3 is 0 Å². The number of hydrogen-bond acceptors (Lipinski definition) is 1.